The number of nitrogen functional groups attached to an aromatic ring is 1. The van der Waals surface area contributed by atoms with E-state index in [2.05, 4.69) is 0 Å². The van der Waals surface area contributed by atoms with Crippen LogP contribution in [0.4, 0.5) is 0 Å². The Morgan fingerprint density at radius 2 is 1.69 bits per heavy atom. The first-order chi connectivity index (χ1) is 13.8. The highest BCUT2D eigenvalue weighted by atomic mass is 16.4. The molecule has 1 aliphatic heterocycles. The zero-order valence-corrected chi connectivity index (χ0v) is 16.2. The normalized spacial score (nSPS) is 19.7. The fraction of sp³-hybridized carbons (Fsp3) is 0.318. The second kappa shape index (κ2) is 8.45. The Morgan fingerprint density at radius 3 is 2.17 bits per heavy atom. The fourth-order valence-corrected chi connectivity index (χ4v) is 3.95. The van der Waals surface area contributed by atoms with Gasteiger partial charge in [-0.1, -0.05) is 48.5 Å². The SMILES string of the molecule is CC(=O)N1C[C@@H](CC(=O)O)C[C@@H]1C(O)c1ccc(-c2ccc(C(=N)N)cc2)cc1. The predicted octanol–water partition coefficient (Wildman–Crippen LogP) is 2.38. The van der Waals surface area contributed by atoms with E-state index in [1.165, 1.54) is 6.92 Å². The van der Waals surface area contributed by atoms with Gasteiger partial charge in [-0.15, -0.1) is 0 Å². The number of hydrogen-bond acceptors (Lipinski definition) is 4. The van der Waals surface area contributed by atoms with E-state index in [-0.39, 0.29) is 24.1 Å². The van der Waals surface area contributed by atoms with Crippen LogP contribution < -0.4 is 5.73 Å². The summed E-state index contributed by atoms with van der Waals surface area (Å²) in [6.45, 7) is 1.79. The molecule has 7 heteroatoms. The first kappa shape index (κ1) is 20.5. The lowest BCUT2D eigenvalue weighted by Crippen LogP contribution is -2.37. The van der Waals surface area contributed by atoms with Crippen molar-refractivity contribution in [3.63, 3.8) is 0 Å². The highest BCUT2D eigenvalue weighted by Crippen LogP contribution is 2.34. The maximum absolute atomic E-state index is 12.0. The molecular formula is C22H25N3O4. The molecule has 1 heterocycles. The molecule has 0 aliphatic carbocycles. The Bertz CT molecular complexity index is 909. The lowest BCUT2D eigenvalue weighted by molar-refractivity contribution is -0.138. The number of likely N-dealkylation sites (tertiary alicyclic amines) is 1. The topological polar surface area (TPSA) is 128 Å². The summed E-state index contributed by atoms with van der Waals surface area (Å²) in [7, 11) is 0. The molecule has 7 nitrogen and oxygen atoms in total. The number of carbonyl (C=O) groups is 2. The lowest BCUT2D eigenvalue weighted by Gasteiger charge is -2.28. The van der Waals surface area contributed by atoms with Crippen molar-refractivity contribution in [3.8, 4) is 11.1 Å². The number of aliphatic hydroxyl groups excluding tert-OH is 1. The summed E-state index contributed by atoms with van der Waals surface area (Å²) < 4.78 is 0. The third-order valence-electron chi connectivity index (χ3n) is 5.44. The number of nitrogens with zero attached hydrogens (tertiary/aromatic N) is 1. The Morgan fingerprint density at radius 1 is 1.14 bits per heavy atom. The highest BCUT2D eigenvalue weighted by molar-refractivity contribution is 5.95. The van der Waals surface area contributed by atoms with Gasteiger partial charge in [0, 0.05) is 25.5 Å². The lowest BCUT2D eigenvalue weighted by atomic mass is 9.94. The molecule has 5 N–H and O–H groups in total. The van der Waals surface area contributed by atoms with E-state index in [4.69, 9.17) is 16.2 Å². The van der Waals surface area contributed by atoms with Crippen LogP contribution in [-0.2, 0) is 9.59 Å². The van der Waals surface area contributed by atoms with Crippen LogP contribution in [0.5, 0.6) is 0 Å². The molecule has 1 amide bonds. The number of aliphatic carboxylic acids is 1. The number of carboxylic acid groups (broad SMARTS) is 1. The maximum Gasteiger partial charge on any atom is 0.303 e. The third-order valence-corrected chi connectivity index (χ3v) is 5.44. The first-order valence-electron chi connectivity index (χ1n) is 9.48. The van der Waals surface area contributed by atoms with Crippen LogP contribution >= 0.6 is 0 Å². The number of nitrogens with one attached hydrogen (secondary N) is 1. The maximum atomic E-state index is 12.0. The van der Waals surface area contributed by atoms with Gasteiger partial charge in [0.15, 0.2) is 0 Å². The molecule has 1 aliphatic rings. The number of nitrogens with two attached hydrogens (primary N) is 1. The Labute approximate surface area is 169 Å². The number of carbonyl (C=O) groups excluding carboxylic acids is 1. The van der Waals surface area contributed by atoms with Crippen molar-refractivity contribution in [2.45, 2.75) is 31.9 Å². The summed E-state index contributed by atoms with van der Waals surface area (Å²) in [6.07, 6.45) is -0.435. The van der Waals surface area contributed by atoms with Gasteiger partial charge in [0.2, 0.25) is 5.91 Å². The minimum Gasteiger partial charge on any atom is -0.481 e. The van der Waals surface area contributed by atoms with E-state index in [9.17, 15) is 14.7 Å². The van der Waals surface area contributed by atoms with Crippen LogP contribution in [0.2, 0.25) is 0 Å². The molecule has 3 rings (SSSR count). The molecule has 0 bridgehead atoms. The van der Waals surface area contributed by atoms with E-state index in [0.717, 1.165) is 11.1 Å². The average Bonchev–Trinajstić information content (AvgIpc) is 3.11. The summed E-state index contributed by atoms with van der Waals surface area (Å²) >= 11 is 0. The van der Waals surface area contributed by atoms with Crippen LogP contribution in [0.25, 0.3) is 11.1 Å². The second-order valence-electron chi connectivity index (χ2n) is 7.50. The summed E-state index contributed by atoms with van der Waals surface area (Å²) in [5, 5.41) is 27.4. The molecule has 2 aromatic carbocycles. The first-order valence-corrected chi connectivity index (χ1v) is 9.48. The van der Waals surface area contributed by atoms with Gasteiger partial charge in [0.05, 0.1) is 12.1 Å². The van der Waals surface area contributed by atoms with Gasteiger partial charge in [-0.05, 0) is 29.0 Å². The average molecular weight is 395 g/mol. The zero-order valence-electron chi connectivity index (χ0n) is 16.2. The fourth-order valence-electron chi connectivity index (χ4n) is 3.95. The van der Waals surface area contributed by atoms with E-state index < -0.39 is 18.1 Å². The van der Waals surface area contributed by atoms with E-state index in [0.29, 0.717) is 24.1 Å². The van der Waals surface area contributed by atoms with Gasteiger partial charge in [0.25, 0.3) is 0 Å². The van der Waals surface area contributed by atoms with Crippen molar-refractivity contribution in [2.75, 3.05) is 6.54 Å². The molecule has 0 spiro atoms. The van der Waals surface area contributed by atoms with Gasteiger partial charge in [-0.25, -0.2) is 0 Å². The quantitative estimate of drug-likeness (QED) is 0.441. The monoisotopic (exact) mass is 395 g/mol. The molecular weight excluding hydrogens is 370 g/mol. The van der Waals surface area contributed by atoms with Crippen LogP contribution in [0.3, 0.4) is 0 Å². The van der Waals surface area contributed by atoms with Gasteiger partial charge < -0.3 is 20.8 Å². The van der Waals surface area contributed by atoms with Gasteiger partial charge >= 0.3 is 5.97 Å². The molecule has 0 radical (unpaired) electrons. The predicted molar refractivity (Wildman–Crippen MR) is 109 cm³/mol. The number of carboxylic acids is 1. The molecule has 0 aromatic heterocycles. The van der Waals surface area contributed by atoms with Crippen LogP contribution in [-0.4, -0.2) is 45.4 Å². The Kier molecular flexibility index (Phi) is 5.98. The Hall–Kier alpha value is -3.19. The van der Waals surface area contributed by atoms with Crippen molar-refractivity contribution < 1.29 is 19.8 Å². The van der Waals surface area contributed by atoms with Gasteiger partial charge in [0.1, 0.15) is 5.84 Å². The minimum atomic E-state index is -0.895. The molecule has 29 heavy (non-hydrogen) atoms. The van der Waals surface area contributed by atoms with E-state index >= 15 is 0 Å². The van der Waals surface area contributed by atoms with Gasteiger partial charge in [-0.3, -0.25) is 15.0 Å². The third kappa shape index (κ3) is 4.63. The number of amidine groups is 1. The number of benzene rings is 2. The molecule has 1 unspecified atom stereocenters. The summed E-state index contributed by atoms with van der Waals surface area (Å²) in [5.74, 6) is -1.20. The highest BCUT2D eigenvalue weighted by Gasteiger charge is 2.39. The Balaban J connectivity index is 1.76. The molecule has 1 saturated heterocycles. The molecule has 0 saturated carbocycles. The standard InChI is InChI=1S/C22H25N3O4/c1-13(26)25-12-14(11-20(27)28)10-19(25)21(29)17-6-2-15(3-7-17)16-4-8-18(9-5-16)22(23)24/h2-9,14,19,21,29H,10-12H2,1H3,(H3,23,24)(H,27,28)/t14-,19-,21?/m1/s1. The molecule has 3 atom stereocenters. The smallest absolute Gasteiger partial charge is 0.303 e. The minimum absolute atomic E-state index is 0.0117. The number of amides is 1. The van der Waals surface area contributed by atoms with Gasteiger partial charge in [-0.2, -0.15) is 0 Å². The summed E-state index contributed by atoms with van der Waals surface area (Å²) in [6, 6.07) is 14.3. The van der Waals surface area contributed by atoms with Crippen LogP contribution in [0, 0.1) is 11.3 Å². The van der Waals surface area contributed by atoms with Crippen molar-refractivity contribution in [1.82, 2.24) is 4.90 Å². The number of aliphatic hydroxyl groups is 1. The number of hydrogen-bond donors (Lipinski definition) is 4. The van der Waals surface area contributed by atoms with Crippen molar-refractivity contribution in [3.05, 3.63) is 59.7 Å². The largest absolute Gasteiger partial charge is 0.481 e. The zero-order chi connectivity index (χ0) is 21.1. The summed E-state index contributed by atoms with van der Waals surface area (Å²) in [5.41, 5.74) is 8.73. The molecule has 2 aromatic rings. The molecule has 152 valence electrons. The molecule has 1 fully saturated rings. The second-order valence-corrected chi connectivity index (χ2v) is 7.50. The summed E-state index contributed by atoms with van der Waals surface area (Å²) in [4.78, 5) is 24.6. The van der Waals surface area contributed by atoms with Crippen LogP contribution in [0.15, 0.2) is 48.5 Å². The van der Waals surface area contributed by atoms with Crippen LogP contribution in [0.1, 0.15) is 37.0 Å². The van der Waals surface area contributed by atoms with Crippen molar-refractivity contribution in [2.24, 2.45) is 11.7 Å². The number of rotatable bonds is 6. The van der Waals surface area contributed by atoms with E-state index in [1.807, 2.05) is 36.4 Å². The van der Waals surface area contributed by atoms with Crippen molar-refractivity contribution >= 4 is 17.7 Å². The van der Waals surface area contributed by atoms with Crippen molar-refractivity contribution in [1.29, 1.82) is 5.41 Å². The van der Waals surface area contributed by atoms with E-state index in [1.54, 1.807) is 17.0 Å².